The first-order valence-electron chi connectivity index (χ1n) is 7.01. The number of aryl methyl sites for hydroxylation is 2. The summed E-state index contributed by atoms with van der Waals surface area (Å²) in [6.07, 6.45) is 3.35. The van der Waals surface area contributed by atoms with Gasteiger partial charge < -0.3 is 9.97 Å². The first-order chi connectivity index (χ1) is 11.1. The first kappa shape index (κ1) is 15.3. The minimum absolute atomic E-state index is 0.671. The molecule has 0 amide bonds. The molecular formula is C17H14BrN5. The number of fused-ring (bicyclic) bond motifs is 2. The maximum atomic E-state index is 8.67. The molecule has 6 heteroatoms. The van der Waals surface area contributed by atoms with Crippen molar-refractivity contribution in [2.75, 3.05) is 0 Å². The third kappa shape index (κ3) is 3.10. The highest BCUT2D eigenvalue weighted by Gasteiger charge is 2.01. The molecule has 0 unspecified atom stereocenters. The second-order valence-corrected chi connectivity index (χ2v) is 6.14. The fourth-order valence-corrected chi connectivity index (χ4v) is 3.05. The molecule has 23 heavy (non-hydrogen) atoms. The number of benzene rings is 2. The van der Waals surface area contributed by atoms with Crippen molar-refractivity contribution >= 4 is 38.0 Å². The molecule has 2 aromatic carbocycles. The zero-order valence-electron chi connectivity index (χ0n) is 12.7. The Morgan fingerprint density at radius 2 is 1.48 bits per heavy atom. The zero-order valence-corrected chi connectivity index (χ0v) is 14.3. The van der Waals surface area contributed by atoms with Crippen LogP contribution < -0.4 is 0 Å². The maximum absolute atomic E-state index is 8.67. The number of nitriles is 1. The van der Waals surface area contributed by atoms with Gasteiger partial charge in [-0.05, 0) is 49.2 Å². The van der Waals surface area contributed by atoms with Crippen molar-refractivity contribution in [1.82, 2.24) is 19.9 Å². The third-order valence-corrected chi connectivity index (χ3v) is 3.98. The smallest absolute Gasteiger partial charge is 0.0992 e. The van der Waals surface area contributed by atoms with E-state index in [9.17, 15) is 0 Å². The SMILES string of the molecule is Cc1cc(Br)cc2[nH]cnc12.Cc1cc(C#N)cc2[nH]cnc12. The Morgan fingerprint density at radius 1 is 0.913 bits per heavy atom. The lowest BCUT2D eigenvalue weighted by atomic mass is 10.1. The van der Waals surface area contributed by atoms with Crippen LogP contribution in [0.25, 0.3) is 22.1 Å². The van der Waals surface area contributed by atoms with Crippen LogP contribution >= 0.6 is 15.9 Å². The van der Waals surface area contributed by atoms with E-state index in [1.165, 1.54) is 5.56 Å². The molecule has 114 valence electrons. The minimum Gasteiger partial charge on any atom is -0.345 e. The van der Waals surface area contributed by atoms with E-state index in [4.69, 9.17) is 5.26 Å². The Kier molecular flexibility index (Phi) is 4.13. The van der Waals surface area contributed by atoms with Crippen molar-refractivity contribution in [2.45, 2.75) is 13.8 Å². The molecule has 0 radical (unpaired) electrons. The van der Waals surface area contributed by atoms with Gasteiger partial charge in [-0.1, -0.05) is 15.9 Å². The molecule has 0 atom stereocenters. The van der Waals surface area contributed by atoms with E-state index >= 15 is 0 Å². The van der Waals surface area contributed by atoms with Crippen LogP contribution in [0.3, 0.4) is 0 Å². The number of halogens is 1. The number of imidazole rings is 2. The number of rotatable bonds is 0. The molecule has 0 bridgehead atoms. The fraction of sp³-hybridized carbons (Fsp3) is 0.118. The second kappa shape index (κ2) is 6.23. The minimum atomic E-state index is 0.671. The predicted molar refractivity (Wildman–Crippen MR) is 94.1 cm³/mol. The Bertz CT molecular complexity index is 1020. The van der Waals surface area contributed by atoms with Gasteiger partial charge in [0.15, 0.2) is 0 Å². The summed E-state index contributed by atoms with van der Waals surface area (Å²) in [4.78, 5) is 14.3. The summed E-state index contributed by atoms with van der Waals surface area (Å²) in [5.41, 5.74) is 6.89. The van der Waals surface area contributed by atoms with E-state index in [0.717, 1.165) is 32.1 Å². The number of hydrogen-bond donors (Lipinski definition) is 2. The Morgan fingerprint density at radius 3 is 2.09 bits per heavy atom. The molecular weight excluding hydrogens is 354 g/mol. The molecule has 2 aromatic heterocycles. The van der Waals surface area contributed by atoms with Crippen LogP contribution in [0.15, 0.2) is 41.4 Å². The van der Waals surface area contributed by atoms with Gasteiger partial charge in [-0.25, -0.2) is 9.97 Å². The number of nitrogens with one attached hydrogen (secondary N) is 2. The highest BCUT2D eigenvalue weighted by Crippen LogP contribution is 2.20. The summed E-state index contributed by atoms with van der Waals surface area (Å²) in [5.74, 6) is 0. The van der Waals surface area contributed by atoms with Gasteiger partial charge in [0, 0.05) is 4.47 Å². The third-order valence-electron chi connectivity index (χ3n) is 3.52. The van der Waals surface area contributed by atoms with Crippen molar-refractivity contribution < 1.29 is 0 Å². The molecule has 0 fully saturated rings. The van der Waals surface area contributed by atoms with E-state index in [1.807, 2.05) is 26.0 Å². The van der Waals surface area contributed by atoms with Crippen LogP contribution in [-0.4, -0.2) is 19.9 Å². The van der Waals surface area contributed by atoms with E-state index in [-0.39, 0.29) is 0 Å². The van der Waals surface area contributed by atoms with E-state index in [1.54, 1.807) is 18.7 Å². The number of nitrogens with zero attached hydrogens (tertiary/aromatic N) is 3. The molecule has 2 N–H and O–H groups in total. The second-order valence-electron chi connectivity index (χ2n) is 5.23. The number of H-pyrrole nitrogens is 2. The molecule has 4 rings (SSSR count). The number of aromatic amines is 2. The monoisotopic (exact) mass is 367 g/mol. The van der Waals surface area contributed by atoms with Crippen LogP contribution in [0.1, 0.15) is 16.7 Å². The Balaban J connectivity index is 0.000000136. The zero-order chi connectivity index (χ0) is 16.4. The molecule has 0 saturated heterocycles. The maximum Gasteiger partial charge on any atom is 0.0992 e. The molecule has 0 aliphatic carbocycles. The van der Waals surface area contributed by atoms with Gasteiger partial charge in [0.1, 0.15) is 0 Å². The molecule has 5 nitrogen and oxygen atoms in total. The molecule has 0 saturated carbocycles. The molecule has 0 aliphatic rings. The lowest BCUT2D eigenvalue weighted by molar-refractivity contribution is 1.34. The lowest BCUT2D eigenvalue weighted by Gasteiger charge is -1.94. The van der Waals surface area contributed by atoms with Crippen molar-refractivity contribution in [3.05, 3.63) is 58.1 Å². The average Bonchev–Trinajstić information content (AvgIpc) is 3.16. The number of hydrogen-bond acceptors (Lipinski definition) is 3. The summed E-state index contributed by atoms with van der Waals surface area (Å²) in [5, 5.41) is 8.67. The molecule has 2 heterocycles. The van der Waals surface area contributed by atoms with Crippen LogP contribution in [0.5, 0.6) is 0 Å². The summed E-state index contributed by atoms with van der Waals surface area (Å²) in [6, 6.07) is 9.82. The topological polar surface area (TPSA) is 81.1 Å². The fourth-order valence-electron chi connectivity index (χ4n) is 2.48. The molecule has 0 spiro atoms. The summed E-state index contributed by atoms with van der Waals surface area (Å²) in [6.45, 7) is 4.00. The first-order valence-corrected chi connectivity index (χ1v) is 7.81. The van der Waals surface area contributed by atoms with Crippen LogP contribution in [0.4, 0.5) is 0 Å². The summed E-state index contributed by atoms with van der Waals surface area (Å²) >= 11 is 3.42. The van der Waals surface area contributed by atoms with E-state index in [2.05, 4.69) is 48.0 Å². The summed E-state index contributed by atoms with van der Waals surface area (Å²) in [7, 11) is 0. The van der Waals surface area contributed by atoms with Gasteiger partial charge in [0.25, 0.3) is 0 Å². The van der Waals surface area contributed by atoms with Crippen LogP contribution in [0.2, 0.25) is 0 Å². The normalized spacial score (nSPS) is 10.3. The van der Waals surface area contributed by atoms with Gasteiger partial charge in [0.05, 0.1) is 46.4 Å². The highest BCUT2D eigenvalue weighted by atomic mass is 79.9. The number of aromatic nitrogens is 4. The standard InChI is InChI=1S/C9H7N3.C8H7BrN2/c1-6-2-7(4-10)3-8-9(6)12-5-11-8;1-5-2-6(9)3-7-8(5)11-4-10-7/h2-3,5H,1H3,(H,11,12);2-4H,1H3,(H,10,11). The Hall–Kier alpha value is -2.65. The van der Waals surface area contributed by atoms with Crippen molar-refractivity contribution in [3.8, 4) is 6.07 Å². The quantitative estimate of drug-likeness (QED) is 0.483. The van der Waals surface area contributed by atoms with Crippen LogP contribution in [0, 0.1) is 25.2 Å². The predicted octanol–water partition coefficient (Wildman–Crippen LogP) is 4.38. The van der Waals surface area contributed by atoms with Crippen LogP contribution in [-0.2, 0) is 0 Å². The van der Waals surface area contributed by atoms with Crippen molar-refractivity contribution in [1.29, 1.82) is 5.26 Å². The molecule has 4 aromatic rings. The molecule has 0 aliphatic heterocycles. The van der Waals surface area contributed by atoms with Crippen molar-refractivity contribution in [3.63, 3.8) is 0 Å². The summed E-state index contributed by atoms with van der Waals surface area (Å²) < 4.78 is 1.09. The average molecular weight is 368 g/mol. The van der Waals surface area contributed by atoms with E-state index in [0.29, 0.717) is 5.56 Å². The van der Waals surface area contributed by atoms with Gasteiger partial charge in [-0.2, -0.15) is 5.26 Å². The van der Waals surface area contributed by atoms with E-state index < -0.39 is 0 Å². The largest absolute Gasteiger partial charge is 0.345 e. The highest BCUT2D eigenvalue weighted by molar-refractivity contribution is 9.10. The Labute approximate surface area is 141 Å². The van der Waals surface area contributed by atoms with Gasteiger partial charge >= 0.3 is 0 Å². The van der Waals surface area contributed by atoms with Crippen molar-refractivity contribution in [2.24, 2.45) is 0 Å². The van der Waals surface area contributed by atoms with Gasteiger partial charge in [-0.3, -0.25) is 0 Å². The lowest BCUT2D eigenvalue weighted by Crippen LogP contribution is -1.80. The van der Waals surface area contributed by atoms with Gasteiger partial charge in [0.2, 0.25) is 0 Å². The van der Waals surface area contributed by atoms with Gasteiger partial charge in [-0.15, -0.1) is 0 Å².